The van der Waals surface area contributed by atoms with Crippen LogP contribution in [0.3, 0.4) is 0 Å². The molecule has 0 amide bonds. The number of nitrogens with one attached hydrogen (secondary N) is 2. The summed E-state index contributed by atoms with van der Waals surface area (Å²) in [5, 5.41) is 0. The molecule has 0 aromatic rings. The third kappa shape index (κ3) is 8.10. The van der Waals surface area contributed by atoms with Crippen molar-refractivity contribution < 1.29 is 22.5 Å². The molecule has 0 saturated carbocycles. The zero-order valence-corrected chi connectivity index (χ0v) is 5.57. The highest BCUT2D eigenvalue weighted by molar-refractivity contribution is 7.77. The van der Waals surface area contributed by atoms with Gasteiger partial charge in [-0.05, 0) is 0 Å². The first-order valence-corrected chi connectivity index (χ1v) is 3.73. The molecule has 0 saturated heterocycles. The van der Waals surface area contributed by atoms with Crippen molar-refractivity contribution in [2.45, 2.75) is 0 Å². The van der Waals surface area contributed by atoms with E-state index in [9.17, 15) is 8.42 Å². The molecule has 2 unspecified atom stereocenters. The fourth-order valence-electron chi connectivity index (χ4n) is 0.0883. The fourth-order valence-corrected chi connectivity index (χ4v) is 0.367. The molecule has 0 rings (SSSR count). The normalized spacial score (nSPS) is 17.1. The van der Waals surface area contributed by atoms with Gasteiger partial charge in [0.2, 0.25) is 0 Å². The van der Waals surface area contributed by atoms with Crippen molar-refractivity contribution in [1.29, 1.82) is 0 Å². The van der Waals surface area contributed by atoms with Gasteiger partial charge in [0.1, 0.15) is 0 Å². The van der Waals surface area contributed by atoms with Crippen LogP contribution in [0, 0.1) is 0 Å². The minimum absolute atomic E-state index is 1.44. The standard InChI is InChI=1S/H4N2O5S2/c3-8(4)1-7-2-9(5)6/h1-2H,(H,3,4)(H,5,6). The molecule has 0 aliphatic rings. The summed E-state index contributed by atoms with van der Waals surface area (Å²) >= 11 is -4.72. The van der Waals surface area contributed by atoms with Gasteiger partial charge in [-0.15, -0.1) is 0 Å². The van der Waals surface area contributed by atoms with Crippen LogP contribution in [0.25, 0.3) is 0 Å². The molecule has 0 heterocycles. The lowest BCUT2D eigenvalue weighted by Crippen LogP contribution is -2.28. The summed E-state index contributed by atoms with van der Waals surface area (Å²) in [6.45, 7) is 0. The van der Waals surface area contributed by atoms with Crippen LogP contribution in [0.15, 0.2) is 0 Å². The Bertz CT molecular complexity index is 108. The molecular weight excluding hydrogens is 172 g/mol. The van der Waals surface area contributed by atoms with Gasteiger partial charge in [-0.2, -0.15) is 4.94 Å². The third-order valence-electron chi connectivity index (χ3n) is 0.226. The molecule has 0 aromatic carbocycles. The Balaban J connectivity index is 3.10. The highest BCUT2D eigenvalue weighted by Gasteiger charge is 1.92. The maximum Gasteiger partial charge on any atom is 0.257 e. The third-order valence-corrected chi connectivity index (χ3v) is 0.678. The van der Waals surface area contributed by atoms with Crippen molar-refractivity contribution in [2.75, 3.05) is 0 Å². The maximum atomic E-state index is 9.64. The number of hydrogen-bond donors (Lipinski definition) is 4. The molecular formula is H4N2O5S2. The average Bonchev–Trinajstić information content (AvgIpc) is 1.63. The zero-order chi connectivity index (χ0) is 7.28. The van der Waals surface area contributed by atoms with Crippen molar-refractivity contribution in [1.82, 2.24) is 9.77 Å². The Labute approximate surface area is 55.5 Å². The zero-order valence-electron chi connectivity index (χ0n) is 3.94. The van der Waals surface area contributed by atoms with Crippen LogP contribution < -0.4 is 9.77 Å². The second-order valence-electron chi connectivity index (χ2n) is 0.767. The van der Waals surface area contributed by atoms with E-state index < -0.39 is 22.5 Å². The summed E-state index contributed by atoms with van der Waals surface area (Å²) in [6.07, 6.45) is 0. The largest absolute Gasteiger partial charge is 0.292 e. The van der Waals surface area contributed by atoms with Gasteiger partial charge in [-0.3, -0.25) is 9.11 Å². The lowest BCUT2D eigenvalue weighted by molar-refractivity contribution is 0.0516. The first-order valence-electron chi connectivity index (χ1n) is 1.51. The molecule has 0 aliphatic heterocycles. The van der Waals surface area contributed by atoms with E-state index >= 15 is 0 Å². The quantitative estimate of drug-likeness (QED) is 0.301. The summed E-state index contributed by atoms with van der Waals surface area (Å²) < 4.78 is 35.0. The summed E-state index contributed by atoms with van der Waals surface area (Å²) in [5.41, 5.74) is 0. The van der Waals surface area contributed by atoms with Gasteiger partial charge in [0, 0.05) is 0 Å². The van der Waals surface area contributed by atoms with E-state index in [2.05, 4.69) is 4.94 Å². The number of rotatable bonds is 4. The van der Waals surface area contributed by atoms with E-state index in [0.29, 0.717) is 0 Å². The highest BCUT2D eigenvalue weighted by atomic mass is 32.2. The molecule has 0 aliphatic carbocycles. The summed E-state index contributed by atoms with van der Waals surface area (Å²) in [7, 11) is 0. The second-order valence-corrected chi connectivity index (χ2v) is 2.10. The second kappa shape index (κ2) is 4.93. The van der Waals surface area contributed by atoms with Crippen LogP contribution in [-0.2, 0) is 27.5 Å². The fraction of sp³-hybridized carbons (Fsp3) is 0. The van der Waals surface area contributed by atoms with Crippen molar-refractivity contribution in [3.05, 3.63) is 0 Å². The van der Waals surface area contributed by atoms with Crippen LogP contribution in [-0.4, -0.2) is 17.5 Å². The Hall–Kier alpha value is 0.1000. The molecule has 0 fully saturated rings. The Morgan fingerprint density at radius 1 is 1.11 bits per heavy atom. The monoisotopic (exact) mass is 176 g/mol. The molecule has 9 heteroatoms. The summed E-state index contributed by atoms with van der Waals surface area (Å²) in [6, 6.07) is 0. The van der Waals surface area contributed by atoms with Crippen molar-refractivity contribution in [3.8, 4) is 0 Å². The first kappa shape index (κ1) is 9.10. The van der Waals surface area contributed by atoms with E-state index in [-0.39, 0.29) is 0 Å². The SMILES string of the molecule is O=S(O)NONS(=O)O. The molecule has 0 bridgehead atoms. The number of hydrogen-bond acceptors (Lipinski definition) is 3. The molecule has 0 aromatic heterocycles. The van der Waals surface area contributed by atoms with Crippen LogP contribution in [0.5, 0.6) is 0 Å². The van der Waals surface area contributed by atoms with E-state index in [1.807, 2.05) is 0 Å². The van der Waals surface area contributed by atoms with Crippen molar-refractivity contribution >= 4 is 22.5 Å². The molecule has 9 heavy (non-hydrogen) atoms. The predicted molar refractivity (Wildman–Crippen MR) is 28.9 cm³/mol. The van der Waals surface area contributed by atoms with Gasteiger partial charge in [0.05, 0.1) is 0 Å². The summed E-state index contributed by atoms with van der Waals surface area (Å²) in [4.78, 5) is 6.64. The van der Waals surface area contributed by atoms with Gasteiger partial charge < -0.3 is 0 Å². The summed E-state index contributed by atoms with van der Waals surface area (Å²) in [5.74, 6) is 0. The molecule has 0 radical (unpaired) electrons. The van der Waals surface area contributed by atoms with E-state index in [4.69, 9.17) is 9.11 Å². The average molecular weight is 176 g/mol. The Morgan fingerprint density at radius 3 is 1.67 bits per heavy atom. The molecule has 56 valence electrons. The van der Waals surface area contributed by atoms with E-state index in [1.54, 1.807) is 0 Å². The van der Waals surface area contributed by atoms with Crippen LogP contribution >= 0.6 is 0 Å². The highest BCUT2D eigenvalue weighted by Crippen LogP contribution is 1.64. The van der Waals surface area contributed by atoms with Crippen molar-refractivity contribution in [3.63, 3.8) is 0 Å². The minimum atomic E-state index is -2.36. The molecule has 0 spiro atoms. The topological polar surface area (TPSA) is 108 Å². The molecule has 4 N–H and O–H groups in total. The van der Waals surface area contributed by atoms with Crippen molar-refractivity contribution in [2.24, 2.45) is 0 Å². The lowest BCUT2D eigenvalue weighted by Gasteiger charge is -1.95. The molecule has 7 nitrogen and oxygen atoms in total. The Kier molecular flexibility index (Phi) is 4.99. The predicted octanol–water partition coefficient (Wildman–Crippen LogP) is -1.71. The van der Waals surface area contributed by atoms with Crippen LogP contribution in [0.2, 0.25) is 0 Å². The first-order chi connectivity index (χ1) is 4.13. The molecule has 2 atom stereocenters. The minimum Gasteiger partial charge on any atom is -0.292 e. The Morgan fingerprint density at radius 2 is 1.44 bits per heavy atom. The van der Waals surface area contributed by atoms with E-state index in [1.165, 1.54) is 9.77 Å². The van der Waals surface area contributed by atoms with Gasteiger partial charge in [-0.1, -0.05) is 9.77 Å². The van der Waals surface area contributed by atoms with E-state index in [0.717, 1.165) is 0 Å². The maximum absolute atomic E-state index is 9.64. The van der Waals surface area contributed by atoms with Crippen LogP contribution in [0.4, 0.5) is 0 Å². The van der Waals surface area contributed by atoms with Gasteiger partial charge in [-0.25, -0.2) is 8.42 Å². The lowest BCUT2D eigenvalue weighted by atomic mass is 13.2. The van der Waals surface area contributed by atoms with Gasteiger partial charge in [0.15, 0.2) is 0 Å². The van der Waals surface area contributed by atoms with Gasteiger partial charge in [0.25, 0.3) is 22.5 Å². The van der Waals surface area contributed by atoms with Crippen LogP contribution in [0.1, 0.15) is 0 Å². The smallest absolute Gasteiger partial charge is 0.257 e. The van der Waals surface area contributed by atoms with Gasteiger partial charge >= 0.3 is 0 Å².